The Morgan fingerprint density at radius 3 is 1.93 bits per heavy atom. The summed E-state index contributed by atoms with van der Waals surface area (Å²) in [4.78, 5) is 0. The van der Waals surface area contributed by atoms with E-state index in [0.717, 1.165) is 25.7 Å². The summed E-state index contributed by atoms with van der Waals surface area (Å²) in [5, 5.41) is 0. The molecule has 1 aliphatic carbocycles. The number of nitrogens with two attached hydrogens (primary N) is 1. The van der Waals surface area contributed by atoms with Gasteiger partial charge in [0.25, 0.3) is 10.2 Å². The van der Waals surface area contributed by atoms with E-state index in [1.165, 1.54) is 8.61 Å². The Morgan fingerprint density at radius 2 is 1.53 bits per heavy atom. The quantitative estimate of drug-likeness (QED) is 0.748. The summed E-state index contributed by atoms with van der Waals surface area (Å²) >= 11 is 0. The van der Waals surface area contributed by atoms with Gasteiger partial charge in [-0.3, -0.25) is 0 Å². The average Bonchev–Trinajstić information content (AvgIpc) is 2.17. The molecule has 0 heterocycles. The lowest BCUT2D eigenvalue weighted by molar-refractivity contribution is 0.258. The predicted octanol–water partition coefficient (Wildman–Crippen LogP) is -0.00550. The van der Waals surface area contributed by atoms with Crippen LogP contribution >= 0.6 is 0 Å². The molecule has 0 unspecified atom stereocenters. The van der Waals surface area contributed by atoms with Crippen molar-refractivity contribution in [1.82, 2.24) is 8.61 Å². The Balaban J connectivity index is 2.65. The van der Waals surface area contributed by atoms with Crippen molar-refractivity contribution in [3.05, 3.63) is 0 Å². The first-order chi connectivity index (χ1) is 6.85. The maximum Gasteiger partial charge on any atom is 0.281 e. The van der Waals surface area contributed by atoms with Crippen LogP contribution in [0.25, 0.3) is 0 Å². The third-order valence-electron chi connectivity index (χ3n) is 3.08. The standard InChI is InChI=1S/C9H21N3O2S/c1-11(2)15(13,14)12(3)9-6-4-8(10)5-7-9/h8-9H,4-7,10H2,1-3H3. The van der Waals surface area contributed by atoms with Crippen LogP contribution < -0.4 is 5.73 Å². The third-order valence-corrected chi connectivity index (χ3v) is 5.03. The molecule has 0 saturated heterocycles. The Bertz CT molecular complexity index is 294. The van der Waals surface area contributed by atoms with Gasteiger partial charge in [-0.25, -0.2) is 0 Å². The zero-order valence-electron chi connectivity index (χ0n) is 9.68. The van der Waals surface area contributed by atoms with Crippen molar-refractivity contribution in [1.29, 1.82) is 0 Å². The Labute approximate surface area is 92.4 Å². The largest absolute Gasteiger partial charge is 0.328 e. The Kier molecular flexibility index (Phi) is 4.11. The minimum Gasteiger partial charge on any atom is -0.328 e. The second-order valence-electron chi connectivity index (χ2n) is 4.37. The van der Waals surface area contributed by atoms with Crippen molar-refractivity contribution in [2.45, 2.75) is 37.8 Å². The van der Waals surface area contributed by atoms with E-state index >= 15 is 0 Å². The molecule has 1 rings (SSSR count). The van der Waals surface area contributed by atoms with Crippen molar-refractivity contribution in [2.24, 2.45) is 5.73 Å². The molecule has 15 heavy (non-hydrogen) atoms. The molecule has 1 fully saturated rings. The molecular formula is C9H21N3O2S. The highest BCUT2D eigenvalue weighted by atomic mass is 32.2. The Hall–Kier alpha value is -0.170. The lowest BCUT2D eigenvalue weighted by Gasteiger charge is -2.33. The van der Waals surface area contributed by atoms with Crippen molar-refractivity contribution in [2.75, 3.05) is 21.1 Å². The van der Waals surface area contributed by atoms with Crippen LogP contribution in [0.3, 0.4) is 0 Å². The number of hydrogen-bond acceptors (Lipinski definition) is 3. The highest BCUT2D eigenvalue weighted by Gasteiger charge is 2.30. The van der Waals surface area contributed by atoms with Gasteiger partial charge < -0.3 is 5.73 Å². The zero-order chi connectivity index (χ0) is 11.6. The molecule has 0 spiro atoms. The van der Waals surface area contributed by atoms with Gasteiger partial charge in [0, 0.05) is 33.2 Å². The van der Waals surface area contributed by atoms with Crippen LogP contribution in [0.1, 0.15) is 25.7 Å². The second kappa shape index (κ2) is 4.78. The summed E-state index contributed by atoms with van der Waals surface area (Å²) in [5.74, 6) is 0. The summed E-state index contributed by atoms with van der Waals surface area (Å²) in [7, 11) is 1.49. The van der Waals surface area contributed by atoms with E-state index < -0.39 is 10.2 Å². The van der Waals surface area contributed by atoms with E-state index in [0.29, 0.717) is 0 Å². The lowest BCUT2D eigenvalue weighted by Crippen LogP contribution is -2.46. The molecule has 0 aromatic carbocycles. The van der Waals surface area contributed by atoms with E-state index in [-0.39, 0.29) is 12.1 Å². The number of rotatable bonds is 3. The SMILES string of the molecule is CN(C)S(=O)(=O)N(C)C1CCC(N)CC1. The average molecular weight is 235 g/mol. The first-order valence-electron chi connectivity index (χ1n) is 5.26. The molecule has 90 valence electrons. The first kappa shape index (κ1) is 12.9. The topological polar surface area (TPSA) is 66.6 Å². The highest BCUT2D eigenvalue weighted by Crippen LogP contribution is 2.23. The van der Waals surface area contributed by atoms with Gasteiger partial charge in [-0.1, -0.05) is 0 Å². The van der Waals surface area contributed by atoms with E-state index in [2.05, 4.69) is 0 Å². The fraction of sp³-hybridized carbons (Fsp3) is 1.00. The van der Waals surface area contributed by atoms with Crippen LogP contribution in [0.2, 0.25) is 0 Å². The molecule has 1 saturated carbocycles. The molecule has 0 bridgehead atoms. The maximum absolute atomic E-state index is 11.8. The molecule has 1 aliphatic rings. The summed E-state index contributed by atoms with van der Waals surface area (Å²) in [6.45, 7) is 0. The van der Waals surface area contributed by atoms with Gasteiger partial charge in [0.1, 0.15) is 0 Å². The highest BCUT2D eigenvalue weighted by molar-refractivity contribution is 7.86. The van der Waals surface area contributed by atoms with Gasteiger partial charge in [-0.05, 0) is 25.7 Å². The van der Waals surface area contributed by atoms with Gasteiger partial charge >= 0.3 is 0 Å². The van der Waals surface area contributed by atoms with Gasteiger partial charge in [0.15, 0.2) is 0 Å². The van der Waals surface area contributed by atoms with Crippen LogP contribution in [0.4, 0.5) is 0 Å². The fourth-order valence-corrected chi connectivity index (χ4v) is 3.01. The van der Waals surface area contributed by atoms with Crippen LogP contribution in [0, 0.1) is 0 Å². The van der Waals surface area contributed by atoms with E-state index in [9.17, 15) is 8.42 Å². The molecule has 0 amide bonds. The minimum atomic E-state index is -3.27. The molecule has 0 aromatic rings. The van der Waals surface area contributed by atoms with Crippen molar-refractivity contribution < 1.29 is 8.42 Å². The molecular weight excluding hydrogens is 214 g/mol. The minimum absolute atomic E-state index is 0.109. The molecule has 6 heteroatoms. The maximum atomic E-state index is 11.8. The van der Waals surface area contributed by atoms with Gasteiger partial charge in [0.2, 0.25) is 0 Å². The van der Waals surface area contributed by atoms with Crippen molar-refractivity contribution in [3.8, 4) is 0 Å². The van der Waals surface area contributed by atoms with Crippen LogP contribution in [0.15, 0.2) is 0 Å². The van der Waals surface area contributed by atoms with Crippen LogP contribution in [-0.4, -0.2) is 50.3 Å². The van der Waals surface area contributed by atoms with Gasteiger partial charge in [-0.15, -0.1) is 0 Å². The number of hydrogen-bond donors (Lipinski definition) is 1. The molecule has 0 radical (unpaired) electrons. The van der Waals surface area contributed by atoms with Crippen molar-refractivity contribution in [3.63, 3.8) is 0 Å². The smallest absolute Gasteiger partial charge is 0.281 e. The van der Waals surface area contributed by atoms with E-state index in [1.54, 1.807) is 21.1 Å². The summed E-state index contributed by atoms with van der Waals surface area (Å²) < 4.78 is 26.4. The fourth-order valence-electron chi connectivity index (χ4n) is 1.91. The summed E-state index contributed by atoms with van der Waals surface area (Å²) in [6, 6.07) is 0.355. The summed E-state index contributed by atoms with van der Waals surface area (Å²) in [6.07, 6.45) is 3.56. The third kappa shape index (κ3) is 2.90. The number of nitrogens with zero attached hydrogens (tertiary/aromatic N) is 2. The Morgan fingerprint density at radius 1 is 1.07 bits per heavy atom. The zero-order valence-corrected chi connectivity index (χ0v) is 10.5. The van der Waals surface area contributed by atoms with E-state index in [4.69, 9.17) is 5.73 Å². The predicted molar refractivity (Wildman–Crippen MR) is 60.6 cm³/mol. The molecule has 0 aromatic heterocycles. The van der Waals surface area contributed by atoms with E-state index in [1.807, 2.05) is 0 Å². The van der Waals surface area contributed by atoms with Gasteiger partial charge in [0.05, 0.1) is 0 Å². The molecule has 0 aliphatic heterocycles. The molecule has 2 N–H and O–H groups in total. The molecule has 5 nitrogen and oxygen atoms in total. The van der Waals surface area contributed by atoms with Gasteiger partial charge in [-0.2, -0.15) is 17.0 Å². The lowest BCUT2D eigenvalue weighted by atomic mass is 9.92. The first-order valence-corrected chi connectivity index (χ1v) is 6.66. The summed E-state index contributed by atoms with van der Waals surface area (Å²) in [5.41, 5.74) is 5.79. The monoisotopic (exact) mass is 235 g/mol. The van der Waals surface area contributed by atoms with Crippen LogP contribution in [-0.2, 0) is 10.2 Å². The normalized spacial score (nSPS) is 28.7. The second-order valence-corrected chi connectivity index (χ2v) is 6.58. The van der Waals surface area contributed by atoms with Crippen molar-refractivity contribution >= 4 is 10.2 Å². The molecule has 0 atom stereocenters. The van der Waals surface area contributed by atoms with Crippen LogP contribution in [0.5, 0.6) is 0 Å².